The molecule has 4 nitrogen and oxygen atoms in total. The largest absolute Gasteiger partial charge is 0.467 e. The molecule has 2 rings (SSSR count). The first kappa shape index (κ1) is 11.0. The lowest BCUT2D eigenvalue weighted by atomic mass is 10.2. The van der Waals surface area contributed by atoms with E-state index < -0.39 is 12.1 Å². The van der Waals surface area contributed by atoms with Crippen molar-refractivity contribution in [2.75, 3.05) is 7.11 Å². The molecule has 0 saturated carbocycles. The molecule has 1 aromatic carbocycles. The van der Waals surface area contributed by atoms with Gasteiger partial charge in [0.15, 0.2) is 6.10 Å². The van der Waals surface area contributed by atoms with E-state index in [9.17, 15) is 9.90 Å². The topological polar surface area (TPSA) is 62.3 Å². The lowest BCUT2D eigenvalue weighted by molar-refractivity contribution is -0.150. The van der Waals surface area contributed by atoms with Crippen molar-refractivity contribution >= 4 is 28.5 Å². The minimum absolute atomic E-state index is 0.393. The van der Waals surface area contributed by atoms with Gasteiger partial charge in [-0.25, -0.2) is 4.79 Å². The number of hydrogen-bond acceptors (Lipinski definition) is 3. The average Bonchev–Trinajstić information content (AvgIpc) is 2.69. The van der Waals surface area contributed by atoms with Crippen molar-refractivity contribution in [3.63, 3.8) is 0 Å². The van der Waals surface area contributed by atoms with Crippen LogP contribution in [0.25, 0.3) is 10.9 Å². The summed E-state index contributed by atoms with van der Waals surface area (Å²) >= 11 is 5.83. The van der Waals surface area contributed by atoms with Gasteiger partial charge in [0.25, 0.3) is 0 Å². The number of halogens is 1. The van der Waals surface area contributed by atoms with Gasteiger partial charge < -0.3 is 14.8 Å². The quantitative estimate of drug-likeness (QED) is 0.789. The van der Waals surface area contributed by atoms with E-state index in [-0.39, 0.29) is 0 Å². The zero-order chi connectivity index (χ0) is 11.7. The van der Waals surface area contributed by atoms with E-state index in [0.717, 1.165) is 10.9 Å². The second kappa shape index (κ2) is 4.15. The Bertz CT molecular complexity index is 535. The van der Waals surface area contributed by atoms with Crippen LogP contribution in [0.15, 0.2) is 24.3 Å². The SMILES string of the molecule is COC(=O)C(O)c1cc2cc(Cl)ccc2[nH]1. The number of carbonyl (C=O) groups excluding carboxylic acids is 1. The van der Waals surface area contributed by atoms with Crippen LogP contribution in [0, 0.1) is 0 Å². The third kappa shape index (κ3) is 1.89. The number of esters is 1. The van der Waals surface area contributed by atoms with E-state index in [1.807, 2.05) is 0 Å². The first-order chi connectivity index (χ1) is 7.61. The summed E-state index contributed by atoms with van der Waals surface area (Å²) in [7, 11) is 1.23. The van der Waals surface area contributed by atoms with Crippen LogP contribution in [-0.4, -0.2) is 23.2 Å². The van der Waals surface area contributed by atoms with E-state index >= 15 is 0 Å². The van der Waals surface area contributed by atoms with Crippen LogP contribution in [0.5, 0.6) is 0 Å². The molecule has 0 saturated heterocycles. The predicted molar refractivity (Wildman–Crippen MR) is 60.3 cm³/mol. The molecule has 0 amide bonds. The van der Waals surface area contributed by atoms with Crippen molar-refractivity contribution in [2.45, 2.75) is 6.10 Å². The fourth-order valence-corrected chi connectivity index (χ4v) is 1.69. The van der Waals surface area contributed by atoms with Gasteiger partial charge >= 0.3 is 5.97 Å². The molecule has 16 heavy (non-hydrogen) atoms. The summed E-state index contributed by atoms with van der Waals surface area (Å²) in [6, 6.07) is 6.93. The molecule has 1 heterocycles. The number of aromatic nitrogens is 1. The number of benzene rings is 1. The molecule has 1 aromatic heterocycles. The highest BCUT2D eigenvalue weighted by Crippen LogP contribution is 2.23. The van der Waals surface area contributed by atoms with Crippen molar-refractivity contribution in [3.05, 3.63) is 35.0 Å². The number of fused-ring (bicyclic) bond motifs is 1. The number of carbonyl (C=O) groups is 1. The molecule has 5 heteroatoms. The molecule has 0 aliphatic rings. The number of nitrogens with one attached hydrogen (secondary N) is 1. The number of aliphatic hydroxyl groups excluding tert-OH is 1. The van der Waals surface area contributed by atoms with Crippen molar-refractivity contribution in [1.82, 2.24) is 4.98 Å². The van der Waals surface area contributed by atoms with E-state index in [0.29, 0.717) is 10.7 Å². The molecule has 2 N–H and O–H groups in total. The summed E-state index contributed by atoms with van der Waals surface area (Å²) in [6.07, 6.45) is -1.30. The highest BCUT2D eigenvalue weighted by atomic mass is 35.5. The van der Waals surface area contributed by atoms with E-state index in [1.54, 1.807) is 24.3 Å². The molecule has 0 spiro atoms. The maximum Gasteiger partial charge on any atom is 0.340 e. The van der Waals surface area contributed by atoms with Crippen molar-refractivity contribution in [1.29, 1.82) is 0 Å². The third-order valence-electron chi connectivity index (χ3n) is 2.32. The molecule has 1 atom stereocenters. The van der Waals surface area contributed by atoms with Crippen LogP contribution in [0.2, 0.25) is 5.02 Å². The molecule has 0 aliphatic carbocycles. The maximum atomic E-state index is 11.1. The minimum atomic E-state index is -1.30. The molecule has 2 aromatic rings. The monoisotopic (exact) mass is 239 g/mol. The van der Waals surface area contributed by atoms with Crippen LogP contribution in [0.1, 0.15) is 11.8 Å². The summed E-state index contributed by atoms with van der Waals surface area (Å²) in [5, 5.41) is 11.1. The normalized spacial score (nSPS) is 12.7. The Morgan fingerprint density at radius 2 is 2.25 bits per heavy atom. The summed E-state index contributed by atoms with van der Waals surface area (Å²) in [6.45, 7) is 0. The van der Waals surface area contributed by atoms with Gasteiger partial charge in [0, 0.05) is 15.9 Å². The first-order valence-corrected chi connectivity index (χ1v) is 5.03. The van der Waals surface area contributed by atoms with Gasteiger partial charge in [-0.3, -0.25) is 0 Å². The fraction of sp³-hybridized carbons (Fsp3) is 0.182. The predicted octanol–water partition coefficient (Wildman–Crippen LogP) is 2.03. The van der Waals surface area contributed by atoms with Gasteiger partial charge in [0.05, 0.1) is 12.8 Å². The maximum absolute atomic E-state index is 11.1. The van der Waals surface area contributed by atoms with Gasteiger partial charge in [-0.05, 0) is 24.3 Å². The number of H-pyrrole nitrogens is 1. The zero-order valence-electron chi connectivity index (χ0n) is 8.53. The van der Waals surface area contributed by atoms with E-state index in [4.69, 9.17) is 11.6 Å². The van der Waals surface area contributed by atoms with E-state index in [2.05, 4.69) is 9.72 Å². The van der Waals surface area contributed by atoms with Gasteiger partial charge in [0.2, 0.25) is 0 Å². The van der Waals surface area contributed by atoms with Crippen LogP contribution < -0.4 is 0 Å². The number of aliphatic hydroxyl groups is 1. The van der Waals surface area contributed by atoms with Gasteiger partial charge in [-0.1, -0.05) is 11.6 Å². The fourth-order valence-electron chi connectivity index (χ4n) is 1.51. The van der Waals surface area contributed by atoms with Gasteiger partial charge in [-0.15, -0.1) is 0 Å². The van der Waals surface area contributed by atoms with Gasteiger partial charge in [-0.2, -0.15) is 0 Å². The summed E-state index contributed by atoms with van der Waals surface area (Å²) in [5.41, 5.74) is 1.20. The third-order valence-corrected chi connectivity index (χ3v) is 2.56. The van der Waals surface area contributed by atoms with Crippen LogP contribution in [0.3, 0.4) is 0 Å². The number of ether oxygens (including phenoxy) is 1. The smallest absolute Gasteiger partial charge is 0.340 e. The minimum Gasteiger partial charge on any atom is -0.467 e. The lowest BCUT2D eigenvalue weighted by Crippen LogP contribution is -2.13. The van der Waals surface area contributed by atoms with Gasteiger partial charge in [0.1, 0.15) is 0 Å². The first-order valence-electron chi connectivity index (χ1n) is 4.66. The number of rotatable bonds is 2. The number of methoxy groups -OCH3 is 1. The Hall–Kier alpha value is -1.52. The molecule has 84 valence electrons. The van der Waals surface area contributed by atoms with Crippen LogP contribution in [0.4, 0.5) is 0 Å². The molecular formula is C11H10ClNO3. The molecule has 0 bridgehead atoms. The lowest BCUT2D eigenvalue weighted by Gasteiger charge is -2.04. The molecule has 0 radical (unpaired) electrons. The number of hydrogen-bond donors (Lipinski definition) is 2. The summed E-state index contributed by atoms with van der Waals surface area (Å²) in [4.78, 5) is 14.1. The molecule has 0 fully saturated rings. The average molecular weight is 240 g/mol. The summed E-state index contributed by atoms with van der Waals surface area (Å²) in [5.74, 6) is -0.697. The molecule has 1 unspecified atom stereocenters. The highest BCUT2D eigenvalue weighted by Gasteiger charge is 2.19. The highest BCUT2D eigenvalue weighted by molar-refractivity contribution is 6.31. The molecular weight excluding hydrogens is 230 g/mol. The number of aromatic amines is 1. The van der Waals surface area contributed by atoms with Crippen LogP contribution >= 0.6 is 11.6 Å². The zero-order valence-corrected chi connectivity index (χ0v) is 9.28. The second-order valence-corrected chi connectivity index (χ2v) is 3.82. The molecule has 0 aliphatic heterocycles. The van der Waals surface area contributed by atoms with Crippen molar-refractivity contribution in [3.8, 4) is 0 Å². The Labute approximate surface area is 96.8 Å². The second-order valence-electron chi connectivity index (χ2n) is 3.38. The Morgan fingerprint density at radius 1 is 1.50 bits per heavy atom. The van der Waals surface area contributed by atoms with Crippen molar-refractivity contribution < 1.29 is 14.6 Å². The van der Waals surface area contributed by atoms with Crippen molar-refractivity contribution in [2.24, 2.45) is 0 Å². The Balaban J connectivity index is 2.43. The summed E-state index contributed by atoms with van der Waals surface area (Å²) < 4.78 is 4.45. The van der Waals surface area contributed by atoms with Crippen LogP contribution in [-0.2, 0) is 9.53 Å². The Morgan fingerprint density at radius 3 is 2.94 bits per heavy atom. The Kier molecular flexibility index (Phi) is 2.85. The van der Waals surface area contributed by atoms with E-state index in [1.165, 1.54) is 7.11 Å². The standard InChI is InChI=1S/C11H10ClNO3/c1-16-11(15)10(14)9-5-6-4-7(12)2-3-8(6)13-9/h2-5,10,13-14H,1H3.